The molecular weight excluding hydrogens is 328 g/mol. The van der Waals surface area contributed by atoms with Gasteiger partial charge in [0.15, 0.2) is 0 Å². The number of anilines is 1. The molecule has 0 aliphatic carbocycles. The van der Waals surface area contributed by atoms with Gasteiger partial charge in [0.2, 0.25) is 0 Å². The van der Waals surface area contributed by atoms with Gasteiger partial charge in [-0.3, -0.25) is 0 Å². The summed E-state index contributed by atoms with van der Waals surface area (Å²) in [5.41, 5.74) is 7.88. The molecule has 1 aromatic heterocycles. The highest BCUT2D eigenvalue weighted by Gasteiger charge is 2.16. The number of hydrogen-bond donors (Lipinski definition) is 0. The van der Waals surface area contributed by atoms with E-state index in [9.17, 15) is 0 Å². The minimum atomic E-state index is 0.932. The fraction of sp³-hybridized carbons (Fsp3) is 0.200. The normalized spacial score (nSPS) is 11.1. The third-order valence-corrected chi connectivity index (χ3v) is 5.49. The maximum Gasteiger partial charge on any atom is 0.0524 e. The average Bonchev–Trinajstić information content (AvgIpc) is 3.00. The molecule has 2 heteroatoms. The van der Waals surface area contributed by atoms with Gasteiger partial charge in [0.05, 0.1) is 5.69 Å². The van der Waals surface area contributed by atoms with Gasteiger partial charge in [-0.05, 0) is 41.8 Å². The number of aromatic nitrogens is 1. The molecule has 0 N–H and O–H groups in total. The summed E-state index contributed by atoms with van der Waals surface area (Å²) >= 11 is 0. The van der Waals surface area contributed by atoms with Crippen LogP contribution in [0.25, 0.3) is 22.2 Å². The van der Waals surface area contributed by atoms with E-state index in [0.717, 1.165) is 13.0 Å². The van der Waals surface area contributed by atoms with E-state index in [1.807, 2.05) is 0 Å². The van der Waals surface area contributed by atoms with E-state index in [1.54, 1.807) is 0 Å². The van der Waals surface area contributed by atoms with Gasteiger partial charge in [-0.15, -0.1) is 0 Å². The van der Waals surface area contributed by atoms with E-state index in [4.69, 9.17) is 0 Å². The summed E-state index contributed by atoms with van der Waals surface area (Å²) in [6.45, 7) is 3.19. The minimum absolute atomic E-state index is 0.932. The molecule has 0 unspecified atom stereocenters. The summed E-state index contributed by atoms with van der Waals surface area (Å²) in [5, 5.41) is 1.34. The van der Waals surface area contributed by atoms with Crippen LogP contribution in [0, 0.1) is 0 Å². The van der Waals surface area contributed by atoms with Gasteiger partial charge in [0.25, 0.3) is 0 Å². The molecule has 0 fully saturated rings. The molecule has 0 bridgehead atoms. The van der Waals surface area contributed by atoms with Crippen LogP contribution in [0.3, 0.4) is 0 Å². The first-order valence-electron chi connectivity index (χ1n) is 9.61. The summed E-state index contributed by atoms with van der Waals surface area (Å²) in [4.78, 5) is 2.26. The van der Waals surface area contributed by atoms with Gasteiger partial charge in [0.1, 0.15) is 0 Å². The van der Waals surface area contributed by atoms with Crippen molar-refractivity contribution in [2.75, 3.05) is 18.5 Å². The summed E-state index contributed by atoms with van der Waals surface area (Å²) in [7, 11) is 4.31. The van der Waals surface area contributed by atoms with Crippen molar-refractivity contribution in [2.24, 2.45) is 7.05 Å². The second kappa shape index (κ2) is 7.32. The highest BCUT2D eigenvalue weighted by molar-refractivity contribution is 5.92. The van der Waals surface area contributed by atoms with Crippen LogP contribution in [0.5, 0.6) is 0 Å². The van der Waals surface area contributed by atoms with Crippen LogP contribution in [0.4, 0.5) is 5.69 Å². The van der Waals surface area contributed by atoms with Gasteiger partial charge in [0, 0.05) is 43.7 Å². The van der Waals surface area contributed by atoms with Crippen molar-refractivity contribution >= 4 is 16.6 Å². The predicted molar refractivity (Wildman–Crippen MR) is 117 cm³/mol. The van der Waals surface area contributed by atoms with Crippen molar-refractivity contribution < 1.29 is 0 Å². The number of nitrogens with zero attached hydrogens (tertiary/aromatic N) is 2. The topological polar surface area (TPSA) is 8.17 Å². The van der Waals surface area contributed by atoms with Crippen LogP contribution >= 0.6 is 0 Å². The van der Waals surface area contributed by atoms with Gasteiger partial charge in [-0.2, -0.15) is 0 Å². The molecule has 3 aromatic carbocycles. The van der Waals surface area contributed by atoms with Crippen molar-refractivity contribution in [1.82, 2.24) is 4.57 Å². The van der Waals surface area contributed by atoms with Gasteiger partial charge in [-0.25, -0.2) is 0 Å². The first kappa shape index (κ1) is 17.4. The van der Waals surface area contributed by atoms with Crippen LogP contribution in [0.15, 0.2) is 78.9 Å². The minimum Gasteiger partial charge on any atom is -0.375 e. The Labute approximate surface area is 161 Å². The van der Waals surface area contributed by atoms with E-state index in [0.29, 0.717) is 0 Å². The fourth-order valence-corrected chi connectivity index (χ4v) is 3.87. The lowest BCUT2D eigenvalue weighted by molar-refractivity contribution is 0.963. The van der Waals surface area contributed by atoms with E-state index in [1.165, 1.54) is 39.0 Å². The predicted octanol–water partition coefficient (Wildman–Crippen LogP) is 5.89. The lowest BCUT2D eigenvalue weighted by Gasteiger charge is -2.17. The molecule has 0 atom stereocenters. The number of hydrogen-bond acceptors (Lipinski definition) is 1. The molecule has 0 saturated heterocycles. The molecule has 2 nitrogen and oxygen atoms in total. The van der Waals surface area contributed by atoms with E-state index in [2.05, 4.69) is 109 Å². The zero-order chi connectivity index (χ0) is 18.8. The van der Waals surface area contributed by atoms with Crippen LogP contribution in [-0.2, 0) is 13.5 Å². The van der Waals surface area contributed by atoms with Crippen molar-refractivity contribution in [3.8, 4) is 11.3 Å². The summed E-state index contributed by atoms with van der Waals surface area (Å²) < 4.78 is 2.33. The Morgan fingerprint density at radius 1 is 0.815 bits per heavy atom. The van der Waals surface area contributed by atoms with E-state index < -0.39 is 0 Å². The molecule has 136 valence electrons. The molecular formula is C25H26N2. The standard InChI is InChI=1S/C25H26N2/c1-4-26(2)21-16-14-19(15-17-21)18-23-22-12-8-9-13-24(22)27(3)25(23)20-10-6-5-7-11-20/h5-17H,4,18H2,1-3H3. The summed E-state index contributed by atoms with van der Waals surface area (Å²) in [6.07, 6.45) is 0.932. The Balaban J connectivity index is 1.81. The second-order valence-electron chi connectivity index (χ2n) is 7.13. The lowest BCUT2D eigenvalue weighted by Crippen LogP contribution is -2.15. The van der Waals surface area contributed by atoms with Crippen molar-refractivity contribution in [3.05, 3.63) is 90.0 Å². The zero-order valence-electron chi connectivity index (χ0n) is 16.3. The molecule has 0 aliphatic rings. The fourth-order valence-electron chi connectivity index (χ4n) is 3.87. The zero-order valence-corrected chi connectivity index (χ0v) is 16.3. The van der Waals surface area contributed by atoms with Crippen molar-refractivity contribution in [1.29, 1.82) is 0 Å². The maximum absolute atomic E-state index is 2.33. The molecule has 0 saturated carbocycles. The monoisotopic (exact) mass is 354 g/mol. The van der Waals surface area contributed by atoms with Crippen LogP contribution in [-0.4, -0.2) is 18.2 Å². The van der Waals surface area contributed by atoms with Crippen LogP contribution < -0.4 is 4.90 Å². The summed E-state index contributed by atoms with van der Waals surface area (Å²) in [5.74, 6) is 0. The van der Waals surface area contributed by atoms with Gasteiger partial charge in [-0.1, -0.05) is 60.7 Å². The van der Waals surface area contributed by atoms with Crippen molar-refractivity contribution in [3.63, 3.8) is 0 Å². The highest BCUT2D eigenvalue weighted by atomic mass is 15.1. The molecule has 0 spiro atoms. The van der Waals surface area contributed by atoms with Gasteiger partial charge < -0.3 is 9.47 Å². The Bertz CT molecular complexity index is 1040. The average molecular weight is 354 g/mol. The van der Waals surface area contributed by atoms with Crippen LogP contribution in [0.1, 0.15) is 18.1 Å². The first-order valence-corrected chi connectivity index (χ1v) is 9.61. The number of rotatable bonds is 5. The van der Waals surface area contributed by atoms with E-state index in [-0.39, 0.29) is 0 Å². The molecule has 27 heavy (non-hydrogen) atoms. The van der Waals surface area contributed by atoms with E-state index >= 15 is 0 Å². The molecule has 1 heterocycles. The Morgan fingerprint density at radius 3 is 2.19 bits per heavy atom. The molecule has 0 amide bonds. The summed E-state index contributed by atoms with van der Waals surface area (Å²) in [6, 6.07) is 28.4. The Hall–Kier alpha value is -3.00. The molecule has 0 radical (unpaired) electrons. The Kier molecular flexibility index (Phi) is 4.72. The lowest BCUT2D eigenvalue weighted by atomic mass is 9.98. The third-order valence-electron chi connectivity index (χ3n) is 5.49. The molecule has 4 rings (SSSR count). The number of fused-ring (bicyclic) bond motifs is 1. The maximum atomic E-state index is 2.33. The number of benzene rings is 3. The third kappa shape index (κ3) is 3.23. The van der Waals surface area contributed by atoms with Crippen molar-refractivity contribution in [2.45, 2.75) is 13.3 Å². The van der Waals surface area contributed by atoms with Gasteiger partial charge >= 0.3 is 0 Å². The Morgan fingerprint density at radius 2 is 1.48 bits per heavy atom. The smallest absolute Gasteiger partial charge is 0.0524 e. The van der Waals surface area contributed by atoms with Crippen LogP contribution in [0.2, 0.25) is 0 Å². The first-order chi connectivity index (χ1) is 13.2. The number of aryl methyl sites for hydroxylation is 1. The largest absolute Gasteiger partial charge is 0.375 e. The SMILES string of the molecule is CCN(C)c1ccc(Cc2c(-c3ccccc3)n(C)c3ccccc23)cc1. The molecule has 0 aliphatic heterocycles. The highest BCUT2D eigenvalue weighted by Crippen LogP contribution is 2.34. The quantitative estimate of drug-likeness (QED) is 0.434. The second-order valence-corrected chi connectivity index (χ2v) is 7.13. The number of para-hydroxylation sites is 1. The molecule has 4 aromatic rings.